The molecule has 1 amide bonds. The van der Waals surface area contributed by atoms with Crippen molar-refractivity contribution in [3.63, 3.8) is 0 Å². The molecule has 2 aromatic heterocycles. The van der Waals surface area contributed by atoms with Gasteiger partial charge in [-0.25, -0.2) is 9.78 Å². The third-order valence-corrected chi connectivity index (χ3v) is 5.81. The van der Waals surface area contributed by atoms with E-state index < -0.39 is 18.2 Å². The first-order chi connectivity index (χ1) is 17.5. The van der Waals surface area contributed by atoms with E-state index in [1.165, 1.54) is 6.20 Å². The third kappa shape index (κ3) is 4.67. The second-order valence-corrected chi connectivity index (χ2v) is 8.21. The van der Waals surface area contributed by atoms with Gasteiger partial charge in [0.1, 0.15) is 17.3 Å². The number of anilines is 1. The van der Waals surface area contributed by atoms with Crippen molar-refractivity contribution in [3.8, 4) is 22.5 Å². The van der Waals surface area contributed by atoms with E-state index in [4.69, 9.17) is 14.4 Å². The van der Waals surface area contributed by atoms with Crippen molar-refractivity contribution in [1.82, 2.24) is 15.1 Å². The Morgan fingerprint density at radius 1 is 1.06 bits per heavy atom. The molecule has 0 aliphatic rings. The van der Waals surface area contributed by atoms with E-state index in [9.17, 15) is 9.59 Å². The summed E-state index contributed by atoms with van der Waals surface area (Å²) < 4.78 is 11.0. The summed E-state index contributed by atoms with van der Waals surface area (Å²) in [6, 6.07) is 20.5. The molecule has 0 aliphatic heterocycles. The molecule has 1 atom stereocenters. The Morgan fingerprint density at radius 3 is 2.56 bits per heavy atom. The molecule has 0 aliphatic carbocycles. The predicted molar refractivity (Wildman–Crippen MR) is 133 cm³/mol. The molecule has 0 spiro atoms. The molecule has 5 rings (SSSR count). The number of carbonyl (C=O) groups is 2. The molecule has 9 heteroatoms. The predicted octanol–water partition coefficient (Wildman–Crippen LogP) is 5.82. The average molecular weight is 482 g/mol. The minimum absolute atomic E-state index is 0.0352. The molecule has 9 nitrogen and oxygen atoms in total. The van der Waals surface area contributed by atoms with Crippen LogP contribution in [0, 0.1) is 0 Å². The normalized spacial score (nSPS) is 11.8. The Labute approximate surface area is 205 Å². The number of amides is 1. The lowest BCUT2D eigenvalue weighted by Crippen LogP contribution is -2.16. The van der Waals surface area contributed by atoms with Crippen LogP contribution in [0.15, 0.2) is 83.8 Å². The molecule has 0 saturated heterocycles. The van der Waals surface area contributed by atoms with Crippen molar-refractivity contribution in [2.24, 2.45) is 0 Å². The highest BCUT2D eigenvalue weighted by molar-refractivity contribution is 6.02. The molecule has 0 fully saturated rings. The molecule has 3 aromatic carbocycles. The first-order valence-electron chi connectivity index (χ1n) is 11.2. The van der Waals surface area contributed by atoms with Crippen LogP contribution in [0.3, 0.4) is 0 Å². The molecule has 0 saturated carbocycles. The quantitative estimate of drug-likeness (QED) is 0.266. The van der Waals surface area contributed by atoms with Crippen LogP contribution in [-0.4, -0.2) is 32.3 Å². The number of aromatic nitrogens is 3. The number of H-pyrrole nitrogens is 1. The van der Waals surface area contributed by atoms with Crippen LogP contribution in [-0.2, 0) is 16.0 Å². The van der Waals surface area contributed by atoms with Crippen LogP contribution in [0.25, 0.3) is 33.5 Å². The summed E-state index contributed by atoms with van der Waals surface area (Å²) in [6.45, 7) is 1.80. The van der Waals surface area contributed by atoms with Gasteiger partial charge in [0.25, 0.3) is 0 Å². The van der Waals surface area contributed by atoms with Gasteiger partial charge in [-0.2, -0.15) is 0 Å². The maximum Gasteiger partial charge on any atom is 0.412 e. The number of ether oxygens (including phenoxy) is 1. The first kappa shape index (κ1) is 22.9. The van der Waals surface area contributed by atoms with E-state index in [0.29, 0.717) is 22.5 Å². The largest absolute Gasteiger partial charge is 0.481 e. The monoisotopic (exact) mass is 482 g/mol. The summed E-state index contributed by atoms with van der Waals surface area (Å²) in [7, 11) is 0. The van der Waals surface area contributed by atoms with Crippen LogP contribution in [0.5, 0.6) is 0 Å². The highest BCUT2D eigenvalue weighted by Crippen LogP contribution is 2.37. The van der Waals surface area contributed by atoms with E-state index in [0.717, 1.165) is 27.8 Å². The number of carbonyl (C=O) groups excluding carboxylic acids is 1. The molecule has 2 heterocycles. The van der Waals surface area contributed by atoms with Crippen molar-refractivity contribution in [2.75, 3.05) is 5.32 Å². The summed E-state index contributed by atoms with van der Waals surface area (Å²) in [4.78, 5) is 31.1. The summed E-state index contributed by atoms with van der Waals surface area (Å²) >= 11 is 0. The molecule has 0 bridgehead atoms. The lowest BCUT2D eigenvalue weighted by atomic mass is 9.99. The first-order valence-corrected chi connectivity index (χ1v) is 11.2. The maximum absolute atomic E-state index is 12.6. The lowest BCUT2D eigenvalue weighted by molar-refractivity contribution is -0.136. The van der Waals surface area contributed by atoms with Crippen LogP contribution in [0.4, 0.5) is 10.5 Å². The van der Waals surface area contributed by atoms with Gasteiger partial charge in [-0.05, 0) is 29.7 Å². The number of imidazole rings is 1. The Morgan fingerprint density at radius 2 is 1.81 bits per heavy atom. The van der Waals surface area contributed by atoms with E-state index in [-0.39, 0.29) is 6.42 Å². The van der Waals surface area contributed by atoms with Gasteiger partial charge in [0.15, 0.2) is 5.76 Å². The Hall–Kier alpha value is -4.92. The molecule has 0 radical (unpaired) electrons. The zero-order valence-corrected chi connectivity index (χ0v) is 19.3. The van der Waals surface area contributed by atoms with Crippen LogP contribution in [0.1, 0.15) is 24.2 Å². The Bertz CT molecular complexity index is 1520. The van der Waals surface area contributed by atoms with Crippen LogP contribution in [0.2, 0.25) is 0 Å². The van der Waals surface area contributed by atoms with Crippen molar-refractivity contribution in [3.05, 3.63) is 90.4 Å². The zero-order valence-electron chi connectivity index (χ0n) is 19.3. The molecular weight excluding hydrogens is 460 g/mol. The number of rotatable bonds is 7. The van der Waals surface area contributed by atoms with Crippen molar-refractivity contribution in [2.45, 2.75) is 19.4 Å². The highest BCUT2D eigenvalue weighted by Gasteiger charge is 2.20. The summed E-state index contributed by atoms with van der Waals surface area (Å²) in [5.74, 6) is -0.530. The molecule has 3 N–H and O–H groups in total. The summed E-state index contributed by atoms with van der Waals surface area (Å²) in [6.07, 6.45) is 1.89. The van der Waals surface area contributed by atoms with Gasteiger partial charge in [-0.3, -0.25) is 10.1 Å². The smallest absolute Gasteiger partial charge is 0.412 e. The van der Waals surface area contributed by atoms with Gasteiger partial charge >= 0.3 is 12.1 Å². The van der Waals surface area contributed by atoms with E-state index in [1.807, 2.05) is 54.6 Å². The number of nitrogens with one attached hydrogen (secondary N) is 2. The number of aliphatic carboxylic acids is 1. The summed E-state index contributed by atoms with van der Waals surface area (Å²) in [5.41, 5.74) is 5.78. The minimum Gasteiger partial charge on any atom is -0.481 e. The van der Waals surface area contributed by atoms with E-state index in [2.05, 4.69) is 20.4 Å². The number of aromatic amines is 1. The zero-order chi connectivity index (χ0) is 25.1. The fraction of sp³-hybridized carbons (Fsp3) is 0.111. The Balaban J connectivity index is 1.40. The fourth-order valence-corrected chi connectivity index (χ4v) is 4.05. The molecule has 1 unspecified atom stereocenters. The second kappa shape index (κ2) is 9.75. The number of nitrogens with zero attached hydrogens (tertiary/aromatic N) is 2. The molecule has 36 heavy (non-hydrogen) atoms. The molecule has 5 aromatic rings. The third-order valence-electron chi connectivity index (χ3n) is 5.81. The fourth-order valence-electron chi connectivity index (χ4n) is 4.05. The number of fused-ring (bicyclic) bond motifs is 1. The van der Waals surface area contributed by atoms with Gasteiger partial charge in [0.2, 0.25) is 0 Å². The minimum atomic E-state index is -0.877. The average Bonchev–Trinajstić information content (AvgIpc) is 3.54. The van der Waals surface area contributed by atoms with Crippen molar-refractivity contribution in [1.29, 1.82) is 0 Å². The summed E-state index contributed by atoms with van der Waals surface area (Å²) in [5, 5.41) is 15.6. The highest BCUT2D eigenvalue weighted by atomic mass is 16.6. The maximum atomic E-state index is 12.6. The van der Waals surface area contributed by atoms with Gasteiger partial charge in [-0.15, -0.1) is 0 Å². The standard InChI is InChI=1S/C27H22N4O5/c1-16(18-5-3-2-4-6-18)35-27(34)31-22-14-30-36-26(22)21-12-11-20(24-25(21)29-15-28-24)19-9-7-17(8-10-19)13-23(32)33/h2-12,14-16H,13H2,1H3,(H,28,29)(H,31,34)(H,32,33). The van der Waals surface area contributed by atoms with Crippen molar-refractivity contribution < 1.29 is 24.0 Å². The number of carboxylic acid groups (broad SMARTS) is 1. The van der Waals surface area contributed by atoms with Gasteiger partial charge in [0.05, 0.1) is 30.0 Å². The number of carboxylic acids is 1. The molecular formula is C27H22N4O5. The SMILES string of the molecule is CC(OC(=O)Nc1cnoc1-c1ccc(-c2ccc(CC(=O)O)cc2)c2[nH]cnc12)c1ccccc1. The van der Waals surface area contributed by atoms with Crippen molar-refractivity contribution >= 4 is 28.8 Å². The van der Waals surface area contributed by atoms with E-state index in [1.54, 1.807) is 25.4 Å². The number of benzene rings is 3. The lowest BCUT2D eigenvalue weighted by Gasteiger charge is -2.14. The number of hydrogen-bond acceptors (Lipinski definition) is 6. The Kier molecular flexibility index (Phi) is 6.19. The van der Waals surface area contributed by atoms with Gasteiger partial charge < -0.3 is 19.4 Å². The van der Waals surface area contributed by atoms with Gasteiger partial charge in [0, 0.05) is 5.56 Å². The number of hydrogen-bond donors (Lipinski definition) is 3. The van der Waals surface area contributed by atoms with Crippen LogP contribution >= 0.6 is 0 Å². The van der Waals surface area contributed by atoms with Crippen LogP contribution < -0.4 is 5.32 Å². The van der Waals surface area contributed by atoms with Gasteiger partial charge in [-0.1, -0.05) is 65.8 Å². The topological polar surface area (TPSA) is 130 Å². The van der Waals surface area contributed by atoms with E-state index >= 15 is 0 Å². The molecule has 180 valence electrons. The second-order valence-electron chi connectivity index (χ2n) is 8.21.